The number of amides is 2. The average molecular weight is 508 g/mol. The molecule has 1 aliphatic carbocycles. The van der Waals surface area contributed by atoms with E-state index < -0.39 is 17.8 Å². The number of hydrogen-bond donors (Lipinski definition) is 2. The van der Waals surface area contributed by atoms with Crippen LogP contribution in [-0.4, -0.2) is 65.4 Å². The van der Waals surface area contributed by atoms with Gasteiger partial charge in [0.2, 0.25) is 11.8 Å². The maximum atomic E-state index is 13.2. The molecule has 2 N–H and O–H groups in total. The minimum absolute atomic E-state index is 0.0902. The highest BCUT2D eigenvalue weighted by Gasteiger charge is 2.34. The highest BCUT2D eigenvalue weighted by Crippen LogP contribution is 2.33. The molecule has 2 aliphatic rings. The van der Waals surface area contributed by atoms with Crippen molar-refractivity contribution in [1.82, 2.24) is 20.2 Å². The first-order valence-corrected chi connectivity index (χ1v) is 11.9. The third kappa shape index (κ3) is 5.68. The number of ether oxygens (including phenoxy) is 1. The van der Waals surface area contributed by atoms with Crippen LogP contribution in [0.3, 0.4) is 0 Å². The van der Waals surface area contributed by atoms with E-state index >= 15 is 0 Å². The van der Waals surface area contributed by atoms with Gasteiger partial charge < -0.3 is 20.3 Å². The summed E-state index contributed by atoms with van der Waals surface area (Å²) in [4.78, 5) is 46.7. The molecule has 0 unspecified atom stereocenters. The number of fused-ring (bicyclic) bond motifs is 1. The maximum absolute atomic E-state index is 13.2. The normalized spacial score (nSPS) is 22.5. The number of halogens is 3. The molecule has 1 saturated carbocycles. The van der Waals surface area contributed by atoms with E-state index in [0.29, 0.717) is 57.3 Å². The number of nitrogens with zero attached hydrogens (tertiary/aromatic N) is 3. The Kier molecular flexibility index (Phi) is 7.60. The van der Waals surface area contributed by atoms with Gasteiger partial charge in [0, 0.05) is 30.9 Å². The number of likely N-dealkylation sites (tertiary alicyclic amines) is 1. The van der Waals surface area contributed by atoms with Gasteiger partial charge in [-0.2, -0.15) is 13.2 Å². The fourth-order valence-electron chi connectivity index (χ4n) is 4.82. The summed E-state index contributed by atoms with van der Waals surface area (Å²) in [5, 5.41) is 6.03. The van der Waals surface area contributed by atoms with Crippen LogP contribution in [0.15, 0.2) is 24.5 Å². The third-order valence-corrected chi connectivity index (χ3v) is 6.88. The van der Waals surface area contributed by atoms with Crippen LogP contribution >= 0.6 is 0 Å². The Bertz CT molecular complexity index is 1130. The number of esters is 1. The minimum atomic E-state index is -4.51. The van der Waals surface area contributed by atoms with E-state index in [0.717, 1.165) is 12.1 Å². The summed E-state index contributed by atoms with van der Waals surface area (Å²) in [6, 6.07) is 2.57. The van der Waals surface area contributed by atoms with Gasteiger partial charge in [-0.15, -0.1) is 0 Å². The lowest BCUT2D eigenvalue weighted by molar-refractivity contribution is -0.147. The first kappa shape index (κ1) is 25.6. The second-order valence-electron chi connectivity index (χ2n) is 9.13. The van der Waals surface area contributed by atoms with Crippen LogP contribution in [0.1, 0.15) is 37.7 Å². The lowest BCUT2D eigenvalue weighted by Crippen LogP contribution is -2.41. The van der Waals surface area contributed by atoms with Crippen molar-refractivity contribution in [2.75, 3.05) is 32.1 Å². The number of alkyl halides is 3. The number of carbonyl (C=O) groups excluding carboxylic acids is 3. The lowest BCUT2D eigenvalue weighted by Gasteiger charge is -2.26. The Balaban J connectivity index is 1.29. The van der Waals surface area contributed by atoms with Crippen LogP contribution in [0.5, 0.6) is 0 Å². The molecule has 0 spiro atoms. The number of rotatable bonds is 7. The molecular weight excluding hydrogens is 479 g/mol. The summed E-state index contributed by atoms with van der Waals surface area (Å²) in [6.45, 7) is 1.07. The maximum Gasteiger partial charge on any atom is 0.416 e. The highest BCUT2D eigenvalue weighted by molar-refractivity contribution is 5.93. The van der Waals surface area contributed by atoms with Gasteiger partial charge in [0.15, 0.2) is 0 Å². The second-order valence-corrected chi connectivity index (χ2v) is 9.13. The average Bonchev–Trinajstić information content (AvgIpc) is 3.21. The molecule has 2 aromatic rings. The van der Waals surface area contributed by atoms with Gasteiger partial charge >= 0.3 is 12.1 Å². The molecule has 1 aliphatic heterocycles. The highest BCUT2D eigenvalue weighted by atomic mass is 19.4. The molecular formula is C24H28F3N5O4. The van der Waals surface area contributed by atoms with Crippen molar-refractivity contribution >= 4 is 34.5 Å². The Morgan fingerprint density at radius 3 is 2.53 bits per heavy atom. The fraction of sp³-hybridized carbons (Fsp3) is 0.542. The van der Waals surface area contributed by atoms with Crippen molar-refractivity contribution in [2.45, 2.75) is 44.3 Å². The van der Waals surface area contributed by atoms with Crippen LogP contribution < -0.4 is 10.6 Å². The Hall–Kier alpha value is -3.44. The van der Waals surface area contributed by atoms with Gasteiger partial charge in [0.05, 0.1) is 24.1 Å². The van der Waals surface area contributed by atoms with Crippen molar-refractivity contribution in [3.05, 3.63) is 30.1 Å². The van der Waals surface area contributed by atoms with Gasteiger partial charge in [-0.25, -0.2) is 9.97 Å². The van der Waals surface area contributed by atoms with Crippen molar-refractivity contribution in [3.8, 4) is 0 Å². The summed E-state index contributed by atoms with van der Waals surface area (Å²) < 4.78 is 44.2. The third-order valence-electron chi connectivity index (χ3n) is 6.88. The van der Waals surface area contributed by atoms with Crippen LogP contribution in [-0.2, 0) is 25.3 Å². The quantitative estimate of drug-likeness (QED) is 0.554. The van der Waals surface area contributed by atoms with Crippen molar-refractivity contribution < 1.29 is 32.3 Å². The zero-order valence-corrected chi connectivity index (χ0v) is 19.8. The number of benzene rings is 1. The number of carbonyl (C=O) groups is 3. The molecule has 12 heteroatoms. The summed E-state index contributed by atoms with van der Waals surface area (Å²) in [5.41, 5.74) is -0.479. The van der Waals surface area contributed by atoms with Crippen molar-refractivity contribution in [3.63, 3.8) is 0 Å². The number of hydrogen-bond acceptors (Lipinski definition) is 7. The molecule has 0 bridgehead atoms. The van der Waals surface area contributed by atoms with Crippen LogP contribution in [0.2, 0.25) is 0 Å². The SMILES string of the molecule is COC(=O)[C@H]1CC[C@H](C(=O)NCCN2CC[C@H](Nc3ncnc4ccc(C(F)(F)F)cc34)C2=O)CC1. The standard InChI is InChI=1S/C24H28F3N5O4/c1-36-23(35)15-4-2-14(3-5-15)21(33)28-9-11-32-10-8-19(22(32)34)31-20-17-12-16(24(25,26)27)6-7-18(17)29-13-30-20/h6-7,12-15,19H,2-5,8-11H2,1H3,(H,28,33)(H,29,30,31)/t14-,15-,19-/m0/s1. The van der Waals surface area contributed by atoms with Gasteiger partial charge in [0.25, 0.3) is 0 Å². The summed E-state index contributed by atoms with van der Waals surface area (Å²) in [7, 11) is 1.36. The molecule has 0 radical (unpaired) electrons. The molecule has 36 heavy (non-hydrogen) atoms. The predicted octanol–water partition coefficient (Wildman–Crippen LogP) is 2.76. The summed E-state index contributed by atoms with van der Waals surface area (Å²) in [5.74, 6) is -0.684. The number of aromatic nitrogens is 2. The fourth-order valence-corrected chi connectivity index (χ4v) is 4.82. The summed E-state index contributed by atoms with van der Waals surface area (Å²) in [6.07, 6.45) is -0.355. The second kappa shape index (κ2) is 10.7. The zero-order valence-electron chi connectivity index (χ0n) is 19.8. The largest absolute Gasteiger partial charge is 0.469 e. The lowest BCUT2D eigenvalue weighted by atomic mass is 9.81. The first-order valence-electron chi connectivity index (χ1n) is 11.9. The Labute approximate surface area is 205 Å². The molecule has 4 rings (SSSR count). The first-order chi connectivity index (χ1) is 17.2. The van der Waals surface area contributed by atoms with E-state index in [1.165, 1.54) is 19.5 Å². The molecule has 1 aromatic carbocycles. The van der Waals surface area contributed by atoms with E-state index in [4.69, 9.17) is 4.74 Å². The number of methoxy groups -OCH3 is 1. The van der Waals surface area contributed by atoms with Crippen molar-refractivity contribution in [2.24, 2.45) is 11.8 Å². The molecule has 194 valence electrons. The minimum Gasteiger partial charge on any atom is -0.469 e. The number of anilines is 1. The monoisotopic (exact) mass is 507 g/mol. The van der Waals surface area contributed by atoms with Crippen LogP contribution in [0.25, 0.3) is 10.9 Å². The van der Waals surface area contributed by atoms with Crippen molar-refractivity contribution in [1.29, 1.82) is 0 Å². The predicted molar refractivity (Wildman–Crippen MR) is 124 cm³/mol. The van der Waals surface area contributed by atoms with Gasteiger partial charge in [-0.3, -0.25) is 14.4 Å². The van der Waals surface area contributed by atoms with E-state index in [-0.39, 0.29) is 40.8 Å². The molecule has 1 aromatic heterocycles. The topological polar surface area (TPSA) is 114 Å². The molecule has 9 nitrogen and oxygen atoms in total. The molecule has 2 amide bonds. The van der Waals surface area contributed by atoms with Crippen LogP contribution in [0, 0.1) is 11.8 Å². The molecule has 2 heterocycles. The van der Waals surface area contributed by atoms with E-state index in [1.807, 2.05) is 0 Å². The van der Waals surface area contributed by atoms with Gasteiger partial charge in [-0.05, 0) is 50.3 Å². The molecule has 2 fully saturated rings. The Morgan fingerprint density at radius 1 is 1.11 bits per heavy atom. The summed E-state index contributed by atoms with van der Waals surface area (Å²) >= 11 is 0. The van der Waals surface area contributed by atoms with Gasteiger partial charge in [0.1, 0.15) is 18.2 Å². The zero-order chi connectivity index (χ0) is 25.9. The molecule has 1 atom stereocenters. The van der Waals surface area contributed by atoms with Crippen LogP contribution in [0.4, 0.5) is 19.0 Å². The van der Waals surface area contributed by atoms with Gasteiger partial charge in [-0.1, -0.05) is 0 Å². The van der Waals surface area contributed by atoms with E-state index in [2.05, 4.69) is 20.6 Å². The number of nitrogens with one attached hydrogen (secondary N) is 2. The Morgan fingerprint density at radius 2 is 1.83 bits per heavy atom. The smallest absolute Gasteiger partial charge is 0.416 e. The van der Waals surface area contributed by atoms with E-state index in [1.54, 1.807) is 4.90 Å². The molecule has 1 saturated heterocycles. The van der Waals surface area contributed by atoms with E-state index in [9.17, 15) is 27.6 Å².